The van der Waals surface area contributed by atoms with Crippen molar-refractivity contribution in [3.8, 4) is 17.0 Å². The van der Waals surface area contributed by atoms with E-state index in [0.29, 0.717) is 21.5 Å². The predicted molar refractivity (Wildman–Crippen MR) is 109 cm³/mol. The molecule has 0 unspecified atom stereocenters. The first-order valence-electron chi connectivity index (χ1n) is 8.78. The van der Waals surface area contributed by atoms with E-state index < -0.39 is 22.1 Å². The highest BCUT2D eigenvalue weighted by Gasteiger charge is 2.31. The minimum atomic E-state index is -4.89. The molecule has 0 saturated heterocycles. The maximum absolute atomic E-state index is 12.8. The Kier molecular flexibility index (Phi) is 5.34. The number of nitrogens with zero attached hydrogens (tertiary/aromatic N) is 3. The number of hydrogen-bond donors (Lipinski definition) is 1. The molecule has 0 atom stereocenters. The highest BCUT2D eigenvalue weighted by Crippen LogP contribution is 2.29. The van der Waals surface area contributed by atoms with Crippen LogP contribution < -0.4 is 14.2 Å². The zero-order chi connectivity index (χ0) is 23.1. The Hall–Kier alpha value is -3.51. The van der Waals surface area contributed by atoms with Crippen LogP contribution in [-0.2, 0) is 10.0 Å². The number of nitrogens with one attached hydrogen (secondary N) is 1. The van der Waals surface area contributed by atoms with Crippen LogP contribution in [0.1, 0.15) is 0 Å². The summed E-state index contributed by atoms with van der Waals surface area (Å²) in [6, 6.07) is 11.3. The molecular weight excluding hydrogens is 473 g/mol. The van der Waals surface area contributed by atoms with Crippen molar-refractivity contribution in [1.82, 2.24) is 9.61 Å². The van der Waals surface area contributed by atoms with Crippen molar-refractivity contribution in [3.63, 3.8) is 0 Å². The van der Waals surface area contributed by atoms with Crippen LogP contribution in [0.4, 0.5) is 19.0 Å². The number of fused-ring (bicyclic) bond motifs is 1. The molecule has 0 aliphatic rings. The van der Waals surface area contributed by atoms with Gasteiger partial charge in [0.2, 0.25) is 0 Å². The molecule has 0 saturated carbocycles. The number of aromatic nitrogens is 3. The Morgan fingerprint density at radius 2 is 1.84 bits per heavy atom. The van der Waals surface area contributed by atoms with Crippen molar-refractivity contribution < 1.29 is 31.1 Å². The van der Waals surface area contributed by atoms with E-state index in [4.69, 9.17) is 11.6 Å². The van der Waals surface area contributed by atoms with Crippen molar-refractivity contribution in [2.24, 2.45) is 0 Å². The van der Waals surface area contributed by atoms with Crippen LogP contribution in [0, 0.1) is 5.21 Å². The summed E-state index contributed by atoms with van der Waals surface area (Å²) in [7, 11) is -4.19. The van der Waals surface area contributed by atoms with Gasteiger partial charge in [-0.1, -0.05) is 11.6 Å². The highest BCUT2D eigenvalue weighted by atomic mass is 35.5. The van der Waals surface area contributed by atoms with Crippen LogP contribution in [0.5, 0.6) is 5.75 Å². The van der Waals surface area contributed by atoms with Gasteiger partial charge in [0.15, 0.2) is 12.4 Å². The van der Waals surface area contributed by atoms with E-state index in [9.17, 15) is 26.8 Å². The molecule has 0 radical (unpaired) electrons. The van der Waals surface area contributed by atoms with E-state index in [1.54, 1.807) is 12.1 Å². The molecule has 0 bridgehead atoms. The third-order valence-corrected chi connectivity index (χ3v) is 5.94. The summed E-state index contributed by atoms with van der Waals surface area (Å²) in [5.74, 6) is -0.530. The summed E-state index contributed by atoms with van der Waals surface area (Å²) in [4.78, 5) is -0.294. The minimum Gasteiger partial charge on any atom is -0.619 e. The molecule has 32 heavy (non-hydrogen) atoms. The number of halogens is 4. The van der Waals surface area contributed by atoms with Crippen molar-refractivity contribution in [2.45, 2.75) is 11.3 Å². The standard InChI is InChI=1S/C19H12ClF3N4O4S/c20-15-7-8-18(27-17(15)10-16(24-27)12-2-1-9-26(28)11-12)25-32(29,30)14-5-3-13(4-6-14)31-19(21,22)23/h1-11,25H. The fraction of sp³-hybridized carbons (Fsp3) is 0.0526. The average Bonchev–Trinajstić information content (AvgIpc) is 3.16. The van der Waals surface area contributed by atoms with Crippen LogP contribution in [0.25, 0.3) is 16.8 Å². The van der Waals surface area contributed by atoms with Crippen molar-refractivity contribution >= 4 is 33.0 Å². The summed E-state index contributed by atoms with van der Waals surface area (Å²) in [5.41, 5.74) is 1.23. The lowest BCUT2D eigenvalue weighted by Gasteiger charge is -2.12. The van der Waals surface area contributed by atoms with Gasteiger partial charge in [0, 0.05) is 6.07 Å². The number of pyridine rings is 2. The van der Waals surface area contributed by atoms with Gasteiger partial charge in [-0.2, -0.15) is 9.83 Å². The third-order valence-electron chi connectivity index (χ3n) is 4.25. The summed E-state index contributed by atoms with van der Waals surface area (Å²) in [6.07, 6.45) is -2.30. The second-order valence-corrected chi connectivity index (χ2v) is 8.56. The van der Waals surface area contributed by atoms with Crippen molar-refractivity contribution in [3.05, 3.63) is 77.2 Å². The van der Waals surface area contributed by atoms with Gasteiger partial charge in [0.1, 0.15) is 11.6 Å². The molecule has 0 amide bonds. The molecule has 4 aromatic rings. The van der Waals surface area contributed by atoms with Crippen LogP contribution in [0.3, 0.4) is 0 Å². The summed E-state index contributed by atoms with van der Waals surface area (Å²) in [6.45, 7) is 0. The molecule has 1 N–H and O–H groups in total. The topological polar surface area (TPSA) is 99.6 Å². The Bertz CT molecular complexity index is 1410. The molecule has 13 heteroatoms. The Balaban J connectivity index is 1.68. The summed E-state index contributed by atoms with van der Waals surface area (Å²) >= 11 is 6.21. The van der Waals surface area contributed by atoms with E-state index in [2.05, 4.69) is 14.6 Å². The fourth-order valence-corrected chi connectivity index (χ4v) is 4.12. The number of anilines is 1. The van der Waals surface area contributed by atoms with Gasteiger partial charge in [-0.05, 0) is 48.5 Å². The van der Waals surface area contributed by atoms with E-state index in [1.165, 1.54) is 35.1 Å². The van der Waals surface area contributed by atoms with Gasteiger partial charge in [-0.25, -0.2) is 12.9 Å². The molecule has 0 spiro atoms. The average molecular weight is 485 g/mol. The lowest BCUT2D eigenvalue weighted by atomic mass is 10.2. The van der Waals surface area contributed by atoms with Gasteiger partial charge >= 0.3 is 6.36 Å². The molecule has 8 nitrogen and oxygen atoms in total. The van der Waals surface area contributed by atoms with E-state index in [-0.39, 0.29) is 15.7 Å². The first-order chi connectivity index (χ1) is 15.0. The number of benzene rings is 1. The Morgan fingerprint density at radius 3 is 2.50 bits per heavy atom. The maximum atomic E-state index is 12.8. The number of sulfonamides is 1. The Morgan fingerprint density at radius 1 is 1.12 bits per heavy atom. The minimum absolute atomic E-state index is 0.0252. The van der Waals surface area contributed by atoms with E-state index >= 15 is 0 Å². The number of alkyl halides is 3. The number of ether oxygens (including phenoxy) is 1. The van der Waals surface area contributed by atoms with Crippen molar-refractivity contribution in [1.29, 1.82) is 0 Å². The van der Waals surface area contributed by atoms with Gasteiger partial charge in [0.05, 0.1) is 26.7 Å². The van der Waals surface area contributed by atoms with Gasteiger partial charge in [-0.3, -0.25) is 4.72 Å². The Labute approximate surface area is 184 Å². The van der Waals surface area contributed by atoms with Gasteiger partial charge in [0.25, 0.3) is 10.0 Å². The van der Waals surface area contributed by atoms with Crippen LogP contribution in [-0.4, -0.2) is 24.4 Å². The third kappa shape index (κ3) is 4.55. The molecule has 0 aliphatic heterocycles. The first-order valence-corrected chi connectivity index (χ1v) is 10.6. The summed E-state index contributed by atoms with van der Waals surface area (Å²) < 4.78 is 70.3. The normalized spacial score (nSPS) is 12.1. The predicted octanol–water partition coefficient (Wildman–Crippen LogP) is 3.99. The van der Waals surface area contributed by atoms with Crippen LogP contribution >= 0.6 is 11.6 Å². The molecule has 3 heterocycles. The zero-order valence-corrected chi connectivity index (χ0v) is 17.3. The first kappa shape index (κ1) is 21.7. The zero-order valence-electron chi connectivity index (χ0n) is 15.7. The van der Waals surface area contributed by atoms with Gasteiger partial charge in [-0.15, -0.1) is 13.2 Å². The smallest absolute Gasteiger partial charge is 0.573 e. The van der Waals surface area contributed by atoms with Crippen molar-refractivity contribution in [2.75, 3.05) is 4.72 Å². The molecule has 4 rings (SSSR count). The monoisotopic (exact) mass is 484 g/mol. The van der Waals surface area contributed by atoms with Gasteiger partial charge < -0.3 is 9.94 Å². The number of rotatable bonds is 5. The second-order valence-electron chi connectivity index (χ2n) is 6.47. The maximum Gasteiger partial charge on any atom is 0.573 e. The molecule has 1 aromatic carbocycles. The van der Waals surface area contributed by atoms with Crippen LogP contribution in [0.2, 0.25) is 5.02 Å². The molecule has 166 valence electrons. The number of hydrogen-bond acceptors (Lipinski definition) is 5. The molecule has 0 fully saturated rings. The fourth-order valence-electron chi connectivity index (χ4n) is 2.88. The summed E-state index contributed by atoms with van der Waals surface area (Å²) in [5, 5.41) is 16.2. The highest BCUT2D eigenvalue weighted by molar-refractivity contribution is 7.92. The molecule has 0 aliphatic carbocycles. The largest absolute Gasteiger partial charge is 0.619 e. The lowest BCUT2D eigenvalue weighted by Crippen LogP contribution is -2.23. The molecular formula is C19H12ClF3N4O4S. The molecule has 3 aromatic heterocycles. The van der Waals surface area contributed by atoms with E-state index in [0.717, 1.165) is 24.3 Å². The SMILES string of the molecule is O=S(=O)(Nc1ccc(Cl)c2cc(-c3ccc[n+]([O-])c3)nn12)c1ccc(OC(F)(F)F)cc1. The quantitative estimate of drug-likeness (QED) is 0.341. The lowest BCUT2D eigenvalue weighted by molar-refractivity contribution is -0.604. The van der Waals surface area contributed by atoms with E-state index in [1.807, 2.05) is 0 Å². The second kappa shape index (κ2) is 7.88. The van der Waals surface area contributed by atoms with Crippen LogP contribution in [0.15, 0.2) is 71.9 Å².